The van der Waals surface area contributed by atoms with Crippen molar-refractivity contribution in [3.8, 4) is 0 Å². The quantitative estimate of drug-likeness (QED) is 0.827. The maximum atomic E-state index is 12.5. The molecule has 0 aromatic rings. The maximum Gasteiger partial charge on any atom is 0.251 e. The van der Waals surface area contributed by atoms with Crippen LogP contribution in [0.5, 0.6) is 0 Å². The highest BCUT2D eigenvalue weighted by molar-refractivity contribution is 5.81. The number of nitrogens with zero attached hydrogens (tertiary/aromatic N) is 1. The van der Waals surface area contributed by atoms with Crippen LogP contribution in [0.15, 0.2) is 0 Å². The summed E-state index contributed by atoms with van der Waals surface area (Å²) in [6.45, 7) is 3.96. The average molecular weight is 254 g/mol. The van der Waals surface area contributed by atoms with Crippen molar-refractivity contribution in [2.75, 3.05) is 20.1 Å². The molecule has 0 aromatic carbocycles. The topological polar surface area (TPSA) is 41.6 Å². The van der Waals surface area contributed by atoms with E-state index in [9.17, 15) is 4.79 Å². The third-order valence-electron chi connectivity index (χ3n) is 4.15. The minimum absolute atomic E-state index is 0.171. The summed E-state index contributed by atoms with van der Waals surface area (Å²) in [6, 6.07) is 0.415. The number of nitrogens with one attached hydrogen (secondary N) is 1. The summed E-state index contributed by atoms with van der Waals surface area (Å²) in [5.74, 6) is 0.236. The van der Waals surface area contributed by atoms with Crippen LogP contribution < -0.4 is 5.32 Å². The molecule has 0 saturated carbocycles. The fourth-order valence-electron chi connectivity index (χ4n) is 3.07. The number of hydrogen-bond acceptors (Lipinski definition) is 3. The van der Waals surface area contributed by atoms with Crippen LogP contribution in [0.4, 0.5) is 0 Å². The number of hydrogen-bond donors (Lipinski definition) is 1. The van der Waals surface area contributed by atoms with E-state index in [1.807, 2.05) is 7.05 Å². The molecular weight excluding hydrogens is 228 g/mol. The van der Waals surface area contributed by atoms with Gasteiger partial charge in [-0.3, -0.25) is 4.79 Å². The molecule has 4 nitrogen and oxygen atoms in total. The maximum absolute atomic E-state index is 12.5. The first-order chi connectivity index (χ1) is 8.72. The van der Waals surface area contributed by atoms with Crippen molar-refractivity contribution in [3.63, 3.8) is 0 Å². The number of ether oxygens (including phenoxy) is 1. The first-order valence-electron chi connectivity index (χ1n) is 7.33. The van der Waals surface area contributed by atoms with Crippen molar-refractivity contribution in [1.29, 1.82) is 0 Å². The molecule has 4 heteroatoms. The van der Waals surface area contributed by atoms with E-state index >= 15 is 0 Å². The van der Waals surface area contributed by atoms with Crippen LogP contribution in [0, 0.1) is 0 Å². The van der Waals surface area contributed by atoms with Crippen molar-refractivity contribution in [1.82, 2.24) is 10.2 Å². The van der Waals surface area contributed by atoms with Crippen LogP contribution >= 0.6 is 0 Å². The van der Waals surface area contributed by atoms with Crippen molar-refractivity contribution in [3.05, 3.63) is 0 Å². The Bertz CT molecular complexity index is 283. The van der Waals surface area contributed by atoms with Gasteiger partial charge in [0.2, 0.25) is 0 Å². The highest BCUT2D eigenvalue weighted by atomic mass is 16.5. The second-order valence-electron chi connectivity index (χ2n) is 5.59. The molecule has 2 heterocycles. The van der Waals surface area contributed by atoms with Gasteiger partial charge in [-0.2, -0.15) is 0 Å². The fourth-order valence-corrected chi connectivity index (χ4v) is 3.07. The van der Waals surface area contributed by atoms with Crippen LogP contribution in [0.3, 0.4) is 0 Å². The van der Waals surface area contributed by atoms with Gasteiger partial charge in [-0.1, -0.05) is 0 Å². The highest BCUT2D eigenvalue weighted by Gasteiger charge is 2.35. The molecule has 0 bridgehead atoms. The Morgan fingerprint density at radius 1 is 1.33 bits per heavy atom. The van der Waals surface area contributed by atoms with Gasteiger partial charge in [0.15, 0.2) is 0 Å². The predicted octanol–water partition coefficient (Wildman–Crippen LogP) is 1.54. The SMILES string of the molecule is CNCCC1CCCCN1C(=O)C1CCC(C)O1. The summed E-state index contributed by atoms with van der Waals surface area (Å²) in [4.78, 5) is 14.6. The van der Waals surface area contributed by atoms with Gasteiger partial charge in [-0.05, 0) is 59.0 Å². The summed E-state index contributed by atoms with van der Waals surface area (Å²) < 4.78 is 5.72. The van der Waals surface area contributed by atoms with Gasteiger partial charge < -0.3 is 15.0 Å². The van der Waals surface area contributed by atoms with E-state index in [1.165, 1.54) is 6.42 Å². The number of carbonyl (C=O) groups is 1. The molecule has 0 aliphatic carbocycles. The molecule has 1 N–H and O–H groups in total. The molecule has 104 valence electrons. The molecule has 0 radical (unpaired) electrons. The van der Waals surface area contributed by atoms with Gasteiger partial charge in [0.05, 0.1) is 6.10 Å². The lowest BCUT2D eigenvalue weighted by Crippen LogP contribution is -2.48. The van der Waals surface area contributed by atoms with E-state index < -0.39 is 0 Å². The molecule has 0 spiro atoms. The van der Waals surface area contributed by atoms with Crippen molar-refractivity contribution in [2.45, 2.75) is 63.7 Å². The van der Waals surface area contributed by atoms with Crippen LogP contribution in [0.2, 0.25) is 0 Å². The third kappa shape index (κ3) is 3.23. The van der Waals surface area contributed by atoms with E-state index in [0.29, 0.717) is 6.04 Å². The fraction of sp³-hybridized carbons (Fsp3) is 0.929. The second kappa shape index (κ2) is 6.53. The number of rotatable bonds is 4. The van der Waals surface area contributed by atoms with Crippen LogP contribution in [-0.4, -0.2) is 49.2 Å². The second-order valence-corrected chi connectivity index (χ2v) is 5.59. The molecule has 1 amide bonds. The third-order valence-corrected chi connectivity index (χ3v) is 4.15. The van der Waals surface area contributed by atoms with E-state index in [4.69, 9.17) is 4.74 Å². The Morgan fingerprint density at radius 3 is 2.83 bits per heavy atom. The van der Waals surface area contributed by atoms with Crippen LogP contribution in [0.25, 0.3) is 0 Å². The van der Waals surface area contributed by atoms with Crippen LogP contribution in [-0.2, 0) is 9.53 Å². The molecule has 2 rings (SSSR count). The highest BCUT2D eigenvalue weighted by Crippen LogP contribution is 2.25. The zero-order chi connectivity index (χ0) is 13.0. The molecule has 3 unspecified atom stereocenters. The Morgan fingerprint density at radius 2 is 2.17 bits per heavy atom. The van der Waals surface area contributed by atoms with Gasteiger partial charge in [0.1, 0.15) is 6.10 Å². The molecule has 18 heavy (non-hydrogen) atoms. The lowest BCUT2D eigenvalue weighted by atomic mass is 9.98. The minimum Gasteiger partial charge on any atom is -0.365 e. The molecular formula is C14H26N2O2. The van der Waals surface area contributed by atoms with Gasteiger partial charge in [-0.15, -0.1) is 0 Å². The largest absolute Gasteiger partial charge is 0.365 e. The van der Waals surface area contributed by atoms with Gasteiger partial charge in [0.25, 0.3) is 5.91 Å². The van der Waals surface area contributed by atoms with E-state index in [2.05, 4.69) is 17.1 Å². The van der Waals surface area contributed by atoms with Crippen molar-refractivity contribution < 1.29 is 9.53 Å². The van der Waals surface area contributed by atoms with E-state index in [-0.39, 0.29) is 18.1 Å². The molecule has 3 atom stereocenters. The molecule has 2 fully saturated rings. The lowest BCUT2D eigenvalue weighted by molar-refractivity contribution is -0.146. The Kier molecular flexibility index (Phi) is 5.01. The van der Waals surface area contributed by atoms with E-state index in [0.717, 1.165) is 45.2 Å². The standard InChI is InChI=1S/C14H26N2O2/c1-11-6-7-13(18-11)14(17)16-10-4-3-5-12(16)8-9-15-2/h11-13,15H,3-10H2,1-2H3. The normalized spacial score (nSPS) is 32.8. The Labute approximate surface area is 110 Å². The van der Waals surface area contributed by atoms with E-state index in [1.54, 1.807) is 0 Å². The number of piperidine rings is 1. The summed E-state index contributed by atoms with van der Waals surface area (Å²) in [6.07, 6.45) is 6.60. The molecule has 2 saturated heterocycles. The Hall–Kier alpha value is -0.610. The number of likely N-dealkylation sites (tertiary alicyclic amines) is 1. The van der Waals surface area contributed by atoms with Crippen LogP contribution in [0.1, 0.15) is 45.4 Å². The average Bonchev–Trinajstić information content (AvgIpc) is 2.82. The first kappa shape index (κ1) is 13.8. The summed E-state index contributed by atoms with van der Waals surface area (Å²) in [5, 5.41) is 3.18. The van der Waals surface area contributed by atoms with Crippen molar-refractivity contribution >= 4 is 5.91 Å². The molecule has 2 aliphatic heterocycles. The van der Waals surface area contributed by atoms with Crippen molar-refractivity contribution in [2.24, 2.45) is 0 Å². The van der Waals surface area contributed by atoms with Gasteiger partial charge in [0, 0.05) is 12.6 Å². The minimum atomic E-state index is -0.171. The summed E-state index contributed by atoms with van der Waals surface area (Å²) in [5.41, 5.74) is 0. The number of amides is 1. The Balaban J connectivity index is 1.93. The zero-order valence-corrected chi connectivity index (χ0v) is 11.7. The smallest absolute Gasteiger partial charge is 0.251 e. The first-order valence-corrected chi connectivity index (χ1v) is 7.33. The summed E-state index contributed by atoms with van der Waals surface area (Å²) >= 11 is 0. The zero-order valence-electron chi connectivity index (χ0n) is 11.7. The molecule has 2 aliphatic rings. The predicted molar refractivity (Wildman–Crippen MR) is 71.5 cm³/mol. The van der Waals surface area contributed by atoms with Gasteiger partial charge in [-0.25, -0.2) is 0 Å². The lowest BCUT2D eigenvalue weighted by Gasteiger charge is -2.37. The van der Waals surface area contributed by atoms with Gasteiger partial charge >= 0.3 is 0 Å². The monoisotopic (exact) mass is 254 g/mol. The summed E-state index contributed by atoms with van der Waals surface area (Å²) in [7, 11) is 1.97. The number of carbonyl (C=O) groups excluding carboxylic acids is 1. The molecule has 0 aromatic heterocycles.